The van der Waals surface area contributed by atoms with Gasteiger partial charge in [-0.1, -0.05) is 18.2 Å². The van der Waals surface area contributed by atoms with Gasteiger partial charge in [-0.3, -0.25) is 9.69 Å². The van der Waals surface area contributed by atoms with Crippen LogP contribution < -0.4 is 5.32 Å². The molecule has 164 valence electrons. The predicted octanol–water partition coefficient (Wildman–Crippen LogP) is 2.52. The number of benzene rings is 1. The fourth-order valence-electron chi connectivity index (χ4n) is 4.71. The molecule has 1 atom stereocenters. The highest BCUT2D eigenvalue weighted by Crippen LogP contribution is 2.33. The predicted molar refractivity (Wildman–Crippen MR) is 112 cm³/mol. The molecular weight excluding hydrogens is 418 g/mol. The van der Waals surface area contributed by atoms with Crippen molar-refractivity contribution in [1.82, 2.24) is 14.5 Å². The number of imide groups is 1. The molecule has 3 amide bonds. The van der Waals surface area contributed by atoms with Crippen LogP contribution in [0.5, 0.6) is 0 Å². The first-order chi connectivity index (χ1) is 14.8. The molecule has 2 aliphatic heterocycles. The molecule has 1 aliphatic carbocycles. The van der Waals surface area contributed by atoms with Crippen LogP contribution in [-0.2, 0) is 39.7 Å². The SMILES string of the molecule is CC1(c2ccc3c(c2)CCC3)NC(=O)N(Cc2ccc(S(=O)(=O)N3CCCC3)o2)C1=O. The van der Waals surface area contributed by atoms with Gasteiger partial charge in [-0.15, -0.1) is 0 Å². The van der Waals surface area contributed by atoms with Crippen molar-refractivity contribution in [2.24, 2.45) is 0 Å². The summed E-state index contributed by atoms with van der Waals surface area (Å²) in [5, 5.41) is 2.65. The fourth-order valence-corrected chi connectivity index (χ4v) is 6.16. The van der Waals surface area contributed by atoms with E-state index in [2.05, 4.69) is 5.32 Å². The largest absolute Gasteiger partial charge is 0.446 e. The summed E-state index contributed by atoms with van der Waals surface area (Å²) < 4.78 is 32.3. The average Bonchev–Trinajstić information content (AvgIpc) is 3.53. The molecule has 2 fully saturated rings. The number of sulfonamides is 1. The number of amides is 3. The highest BCUT2D eigenvalue weighted by molar-refractivity contribution is 7.89. The fraction of sp³-hybridized carbons (Fsp3) is 0.455. The zero-order valence-corrected chi connectivity index (χ0v) is 18.2. The summed E-state index contributed by atoms with van der Waals surface area (Å²) in [6.45, 7) is 2.53. The van der Waals surface area contributed by atoms with Crippen LogP contribution in [0.15, 0.2) is 39.8 Å². The maximum atomic E-state index is 13.2. The number of urea groups is 1. The Labute approximate surface area is 181 Å². The molecule has 0 radical (unpaired) electrons. The Morgan fingerprint density at radius 1 is 1.03 bits per heavy atom. The van der Waals surface area contributed by atoms with Gasteiger partial charge in [-0.05, 0) is 67.9 Å². The van der Waals surface area contributed by atoms with Gasteiger partial charge >= 0.3 is 6.03 Å². The number of aryl methyl sites for hydroxylation is 2. The van der Waals surface area contributed by atoms with E-state index in [0.717, 1.165) is 42.6 Å². The summed E-state index contributed by atoms with van der Waals surface area (Å²) >= 11 is 0. The first-order valence-corrected chi connectivity index (χ1v) is 12.1. The van der Waals surface area contributed by atoms with Gasteiger partial charge < -0.3 is 9.73 Å². The Kier molecular flexibility index (Phi) is 4.71. The first-order valence-electron chi connectivity index (χ1n) is 10.6. The number of furan rings is 1. The van der Waals surface area contributed by atoms with E-state index in [4.69, 9.17) is 4.42 Å². The van der Waals surface area contributed by atoms with Crippen LogP contribution in [0.3, 0.4) is 0 Å². The minimum Gasteiger partial charge on any atom is -0.446 e. The molecule has 3 heterocycles. The molecule has 1 unspecified atom stereocenters. The van der Waals surface area contributed by atoms with E-state index in [1.807, 2.05) is 18.2 Å². The summed E-state index contributed by atoms with van der Waals surface area (Å²) in [5.41, 5.74) is 2.11. The second-order valence-electron chi connectivity index (χ2n) is 8.62. The van der Waals surface area contributed by atoms with Gasteiger partial charge in [0, 0.05) is 13.1 Å². The third-order valence-corrected chi connectivity index (χ3v) is 8.33. The van der Waals surface area contributed by atoms with E-state index in [9.17, 15) is 18.0 Å². The lowest BCUT2D eigenvalue weighted by Gasteiger charge is -2.23. The van der Waals surface area contributed by atoms with Crippen LogP contribution in [0.1, 0.15) is 48.6 Å². The van der Waals surface area contributed by atoms with E-state index in [1.165, 1.54) is 27.6 Å². The second kappa shape index (κ2) is 7.20. The molecule has 0 spiro atoms. The van der Waals surface area contributed by atoms with Crippen LogP contribution in [0, 0.1) is 0 Å². The Morgan fingerprint density at radius 3 is 2.55 bits per heavy atom. The van der Waals surface area contributed by atoms with Gasteiger partial charge in [-0.2, -0.15) is 4.31 Å². The Bertz CT molecular complexity index is 1170. The van der Waals surface area contributed by atoms with Crippen molar-refractivity contribution >= 4 is 22.0 Å². The van der Waals surface area contributed by atoms with Crippen LogP contribution in [0.2, 0.25) is 0 Å². The molecular formula is C22H25N3O5S. The lowest BCUT2D eigenvalue weighted by molar-refractivity contribution is -0.131. The Morgan fingerprint density at radius 2 is 1.77 bits per heavy atom. The number of hydrogen-bond acceptors (Lipinski definition) is 5. The molecule has 2 saturated heterocycles. The highest BCUT2D eigenvalue weighted by atomic mass is 32.2. The van der Waals surface area contributed by atoms with Gasteiger partial charge in [0.1, 0.15) is 11.3 Å². The molecule has 0 bridgehead atoms. The van der Waals surface area contributed by atoms with Crippen molar-refractivity contribution in [3.63, 3.8) is 0 Å². The van der Waals surface area contributed by atoms with Crippen LogP contribution in [-0.4, -0.2) is 42.7 Å². The van der Waals surface area contributed by atoms with Crippen LogP contribution >= 0.6 is 0 Å². The third kappa shape index (κ3) is 3.27. The number of rotatable bonds is 5. The van der Waals surface area contributed by atoms with Gasteiger partial charge in [0.05, 0.1) is 6.54 Å². The number of nitrogens with one attached hydrogen (secondary N) is 1. The second-order valence-corrected chi connectivity index (χ2v) is 10.5. The van der Waals surface area contributed by atoms with E-state index >= 15 is 0 Å². The Hall–Kier alpha value is -2.65. The minimum absolute atomic E-state index is 0.124. The summed E-state index contributed by atoms with van der Waals surface area (Å²) in [4.78, 5) is 27.0. The van der Waals surface area contributed by atoms with Crippen molar-refractivity contribution in [3.8, 4) is 0 Å². The van der Waals surface area contributed by atoms with Crippen LogP contribution in [0.4, 0.5) is 4.79 Å². The first kappa shape index (κ1) is 20.3. The lowest BCUT2D eigenvalue weighted by atomic mass is 9.89. The van der Waals surface area contributed by atoms with Crippen molar-refractivity contribution in [3.05, 3.63) is 52.8 Å². The molecule has 3 aliphatic rings. The number of carbonyl (C=O) groups excluding carboxylic acids is 2. The van der Waals surface area contributed by atoms with Crippen molar-refractivity contribution < 1.29 is 22.4 Å². The number of carbonyl (C=O) groups is 2. The van der Waals surface area contributed by atoms with Gasteiger partial charge in [0.15, 0.2) is 0 Å². The molecule has 1 aromatic carbocycles. The number of fused-ring (bicyclic) bond motifs is 1. The van der Waals surface area contributed by atoms with Crippen molar-refractivity contribution in [2.75, 3.05) is 13.1 Å². The van der Waals surface area contributed by atoms with Gasteiger partial charge in [-0.25, -0.2) is 13.2 Å². The summed E-state index contributed by atoms with van der Waals surface area (Å²) in [6, 6.07) is 8.33. The van der Waals surface area contributed by atoms with Crippen molar-refractivity contribution in [2.45, 2.75) is 56.2 Å². The summed E-state index contributed by atoms with van der Waals surface area (Å²) in [5.74, 6) is -0.129. The normalized spacial score (nSPS) is 24.1. The smallest absolute Gasteiger partial charge is 0.325 e. The van der Waals surface area contributed by atoms with Gasteiger partial charge in [0.25, 0.3) is 15.9 Å². The standard InChI is InChI=1S/C22H25N3O5S/c1-22(17-8-7-15-5-4-6-16(15)13-17)20(26)25(21(27)23-22)14-18-9-10-19(30-18)31(28,29)24-11-2-3-12-24/h7-10,13H,2-6,11-12,14H2,1H3,(H,23,27). The highest BCUT2D eigenvalue weighted by Gasteiger charge is 2.49. The van der Waals surface area contributed by atoms with E-state index in [-0.39, 0.29) is 23.3 Å². The van der Waals surface area contributed by atoms with E-state index in [1.54, 1.807) is 6.92 Å². The molecule has 5 rings (SSSR count). The number of hydrogen-bond donors (Lipinski definition) is 1. The van der Waals surface area contributed by atoms with E-state index < -0.39 is 21.6 Å². The topological polar surface area (TPSA) is 99.9 Å². The van der Waals surface area contributed by atoms with Crippen molar-refractivity contribution in [1.29, 1.82) is 0 Å². The average molecular weight is 444 g/mol. The monoisotopic (exact) mass is 443 g/mol. The molecule has 2 aromatic rings. The lowest BCUT2D eigenvalue weighted by Crippen LogP contribution is -2.40. The van der Waals surface area contributed by atoms with E-state index in [0.29, 0.717) is 13.1 Å². The zero-order chi connectivity index (χ0) is 21.8. The quantitative estimate of drug-likeness (QED) is 0.716. The third-order valence-electron chi connectivity index (χ3n) is 6.56. The Balaban J connectivity index is 1.37. The maximum absolute atomic E-state index is 13.2. The van der Waals surface area contributed by atoms with Crippen LogP contribution in [0.25, 0.3) is 0 Å². The molecule has 31 heavy (non-hydrogen) atoms. The molecule has 8 nitrogen and oxygen atoms in total. The van der Waals surface area contributed by atoms with Gasteiger partial charge in [0.2, 0.25) is 5.09 Å². The maximum Gasteiger partial charge on any atom is 0.325 e. The minimum atomic E-state index is -3.69. The zero-order valence-electron chi connectivity index (χ0n) is 17.4. The molecule has 0 saturated carbocycles. The summed E-state index contributed by atoms with van der Waals surface area (Å²) in [6.07, 6.45) is 4.78. The number of nitrogens with zero attached hydrogens (tertiary/aromatic N) is 2. The summed E-state index contributed by atoms with van der Waals surface area (Å²) in [7, 11) is -3.69. The molecule has 9 heteroatoms. The molecule has 1 aromatic heterocycles. The molecule has 1 N–H and O–H groups in total.